The Morgan fingerprint density at radius 3 is 2.95 bits per heavy atom. The average Bonchev–Trinajstić information content (AvgIpc) is 2.44. The smallest absolute Gasteiger partial charge is 0.550 e. The topological polar surface area (TPSA) is 48.6 Å². The Kier molecular flexibility index (Phi) is 10.5. The number of benzene rings is 1. The summed E-state index contributed by atoms with van der Waals surface area (Å²) in [6.45, 7) is 4.25. The first-order valence-corrected chi connectivity index (χ1v) is 6.58. The van der Waals surface area contributed by atoms with Gasteiger partial charge in [0.25, 0.3) is 0 Å². The SMILES string of the molecule is [CH2-]CCC[CH-]COc1[c-]ccc(N=CN(C)C)c1C#N.[Li+]. The third-order valence-corrected chi connectivity index (χ3v) is 2.48. The van der Waals surface area contributed by atoms with E-state index in [1.54, 1.807) is 18.5 Å². The molecule has 0 aliphatic rings. The Hall–Kier alpha value is -1.42. The summed E-state index contributed by atoms with van der Waals surface area (Å²) in [5, 5.41) is 9.25. The molecular weight excluding hydrogens is 257 g/mol. The number of unbranched alkanes of at least 4 members (excludes halogenated alkanes) is 3. The fourth-order valence-corrected chi connectivity index (χ4v) is 1.49. The molecule has 0 N–H and O–H groups in total. The molecule has 0 saturated carbocycles. The molecule has 1 aromatic carbocycles. The zero-order valence-corrected chi connectivity index (χ0v) is 13.1. The van der Waals surface area contributed by atoms with Crippen LogP contribution < -0.4 is 23.6 Å². The van der Waals surface area contributed by atoms with Crippen LogP contribution in [0.3, 0.4) is 0 Å². The normalized spacial score (nSPS) is 10.0. The molecule has 0 aliphatic carbocycles. The van der Waals surface area contributed by atoms with Crippen molar-refractivity contribution in [1.82, 2.24) is 4.90 Å². The summed E-state index contributed by atoms with van der Waals surface area (Å²) in [6.07, 6.45) is 6.62. The van der Waals surface area contributed by atoms with Gasteiger partial charge in [-0.2, -0.15) is 18.9 Å². The molecule has 1 aromatic rings. The monoisotopic (exact) mass is 277 g/mol. The largest absolute Gasteiger partial charge is 1.00 e. The maximum absolute atomic E-state index is 9.25. The van der Waals surface area contributed by atoms with Gasteiger partial charge in [0.1, 0.15) is 0 Å². The van der Waals surface area contributed by atoms with Crippen molar-refractivity contribution in [2.75, 3.05) is 20.7 Å². The summed E-state index contributed by atoms with van der Waals surface area (Å²) in [5.74, 6) is 0.451. The first-order valence-electron chi connectivity index (χ1n) is 6.58. The minimum atomic E-state index is 0. The number of ether oxygens (including phenoxy) is 1. The fraction of sp³-hybridized carbons (Fsp3) is 0.375. The maximum atomic E-state index is 9.25. The molecule has 0 fully saturated rings. The van der Waals surface area contributed by atoms with Gasteiger partial charge in [0.05, 0.1) is 6.34 Å². The quantitative estimate of drug-likeness (QED) is 0.224. The van der Waals surface area contributed by atoms with Gasteiger partial charge >= 0.3 is 18.9 Å². The Bertz CT molecular complexity index is 481. The van der Waals surface area contributed by atoms with E-state index < -0.39 is 0 Å². The first-order chi connectivity index (χ1) is 9.69. The second kappa shape index (κ2) is 11.3. The second-order valence-corrected chi connectivity index (χ2v) is 4.48. The standard InChI is InChI=1S/C16H20N3O.Li/c1-4-5-6-7-11-20-16-10-8-9-15(14(16)12-17)18-13-19(2)3;/h7-9,13H,1,4-6,11H2,2-3H3;/q-3;+1. The van der Waals surface area contributed by atoms with E-state index in [1.807, 2.05) is 25.4 Å². The van der Waals surface area contributed by atoms with Crippen LogP contribution in [0.1, 0.15) is 24.8 Å². The molecule has 0 spiro atoms. The molecule has 0 saturated heterocycles. The van der Waals surface area contributed by atoms with Gasteiger partial charge in [-0.05, 0) is 12.3 Å². The molecule has 0 bridgehead atoms. The van der Waals surface area contributed by atoms with Gasteiger partial charge in [-0.3, -0.25) is 11.4 Å². The zero-order valence-electron chi connectivity index (χ0n) is 13.1. The molecule has 0 atom stereocenters. The van der Waals surface area contributed by atoms with E-state index in [1.165, 1.54) is 0 Å². The molecule has 0 aliphatic heterocycles. The summed E-state index contributed by atoms with van der Waals surface area (Å²) in [7, 11) is 3.75. The summed E-state index contributed by atoms with van der Waals surface area (Å²) in [5.41, 5.74) is 1.00. The van der Waals surface area contributed by atoms with Crippen LogP contribution in [-0.2, 0) is 0 Å². The van der Waals surface area contributed by atoms with Crippen LogP contribution in [0.15, 0.2) is 17.1 Å². The number of nitrogens with zero attached hydrogens (tertiary/aromatic N) is 3. The molecule has 108 valence electrons. The number of hydrogen-bond donors (Lipinski definition) is 0. The van der Waals surface area contributed by atoms with Crippen molar-refractivity contribution in [2.45, 2.75) is 19.3 Å². The number of hydrogen-bond acceptors (Lipinski definition) is 3. The van der Waals surface area contributed by atoms with Gasteiger partial charge in [0.2, 0.25) is 0 Å². The molecule has 0 aromatic heterocycles. The van der Waals surface area contributed by atoms with Gasteiger partial charge in [0, 0.05) is 31.5 Å². The van der Waals surface area contributed by atoms with E-state index in [0.29, 0.717) is 23.6 Å². The minimum absolute atomic E-state index is 0. The van der Waals surface area contributed by atoms with E-state index in [9.17, 15) is 5.26 Å². The molecule has 0 radical (unpaired) electrons. The molecule has 0 heterocycles. The van der Waals surface area contributed by atoms with Gasteiger partial charge < -0.3 is 16.6 Å². The average molecular weight is 277 g/mol. The summed E-state index contributed by atoms with van der Waals surface area (Å²) in [4.78, 5) is 6.07. The van der Waals surface area contributed by atoms with Crippen molar-refractivity contribution in [3.8, 4) is 11.8 Å². The minimum Gasteiger partial charge on any atom is -0.550 e. The van der Waals surface area contributed by atoms with Crippen molar-refractivity contribution in [1.29, 1.82) is 5.26 Å². The molecule has 1 rings (SSSR count). The van der Waals surface area contributed by atoms with Gasteiger partial charge in [0.15, 0.2) is 0 Å². The Labute approximate surface area is 140 Å². The number of rotatable bonds is 8. The van der Waals surface area contributed by atoms with Gasteiger partial charge in [-0.25, -0.2) is 5.26 Å². The maximum Gasteiger partial charge on any atom is 1.00 e. The van der Waals surface area contributed by atoms with Crippen LogP contribution in [0.4, 0.5) is 5.69 Å². The molecular formula is C16H20LiN3O-2. The summed E-state index contributed by atoms with van der Waals surface area (Å²) in [6, 6.07) is 8.53. The third kappa shape index (κ3) is 7.23. The second-order valence-electron chi connectivity index (χ2n) is 4.48. The molecule has 0 amide bonds. The van der Waals surface area contributed by atoms with Gasteiger partial charge in [-0.1, -0.05) is 0 Å². The number of nitriles is 1. The van der Waals surface area contributed by atoms with Crippen LogP contribution in [0.25, 0.3) is 0 Å². The summed E-state index contributed by atoms with van der Waals surface area (Å²) < 4.78 is 5.58. The molecule has 4 nitrogen and oxygen atoms in total. The zero-order chi connectivity index (χ0) is 14.8. The van der Waals surface area contributed by atoms with E-state index in [4.69, 9.17) is 4.74 Å². The first kappa shape index (κ1) is 19.6. The Morgan fingerprint density at radius 2 is 2.33 bits per heavy atom. The van der Waals surface area contributed by atoms with E-state index in [0.717, 1.165) is 19.3 Å². The summed E-state index contributed by atoms with van der Waals surface area (Å²) >= 11 is 0. The van der Waals surface area contributed by atoms with Crippen molar-refractivity contribution >= 4 is 12.0 Å². The number of aliphatic imine (C=N–C) groups is 1. The van der Waals surface area contributed by atoms with Crippen LogP contribution in [0, 0.1) is 30.7 Å². The van der Waals surface area contributed by atoms with Crippen LogP contribution in [0.5, 0.6) is 5.75 Å². The van der Waals surface area contributed by atoms with E-state index >= 15 is 0 Å². The molecule has 0 unspecified atom stereocenters. The van der Waals surface area contributed by atoms with Crippen molar-refractivity contribution in [2.24, 2.45) is 4.99 Å². The fourth-order valence-electron chi connectivity index (χ4n) is 1.49. The Morgan fingerprint density at radius 1 is 1.57 bits per heavy atom. The van der Waals surface area contributed by atoms with Crippen LogP contribution in [0.2, 0.25) is 0 Å². The third-order valence-electron chi connectivity index (χ3n) is 2.48. The predicted molar refractivity (Wildman–Crippen MR) is 80.8 cm³/mol. The predicted octanol–water partition coefficient (Wildman–Crippen LogP) is 0.171. The molecule has 5 heteroatoms. The van der Waals surface area contributed by atoms with Crippen molar-refractivity contribution in [3.05, 3.63) is 37.1 Å². The van der Waals surface area contributed by atoms with Crippen LogP contribution in [-0.4, -0.2) is 31.9 Å². The Balaban J connectivity index is 0.00000400. The van der Waals surface area contributed by atoms with Crippen LogP contribution >= 0.6 is 0 Å². The van der Waals surface area contributed by atoms with Crippen molar-refractivity contribution in [3.63, 3.8) is 0 Å². The van der Waals surface area contributed by atoms with Crippen molar-refractivity contribution < 1.29 is 23.6 Å². The molecule has 21 heavy (non-hydrogen) atoms. The van der Waals surface area contributed by atoms with E-state index in [-0.39, 0.29) is 18.9 Å². The van der Waals surface area contributed by atoms with Gasteiger partial charge in [-0.15, -0.1) is 18.6 Å². The van der Waals surface area contributed by atoms with E-state index in [2.05, 4.69) is 24.1 Å².